The predicted molar refractivity (Wildman–Crippen MR) is 51.6 cm³/mol. The topological polar surface area (TPSA) is 52.0 Å². The second-order valence-electron chi connectivity index (χ2n) is 1.97. The summed E-state index contributed by atoms with van der Waals surface area (Å²) < 4.78 is 23.8. The van der Waals surface area contributed by atoms with Crippen molar-refractivity contribution in [3.63, 3.8) is 0 Å². The van der Waals surface area contributed by atoms with Crippen LogP contribution in [0.15, 0.2) is 14.1 Å². The van der Waals surface area contributed by atoms with Gasteiger partial charge in [-0.1, -0.05) is 0 Å². The monoisotopic (exact) mass is 336 g/mol. The first-order chi connectivity index (χ1) is 5.34. The van der Waals surface area contributed by atoms with Gasteiger partial charge < -0.3 is 0 Å². The summed E-state index contributed by atoms with van der Waals surface area (Å²) in [5, 5.41) is 3.80. The highest BCUT2D eigenvalue weighted by atomic mass is 79.9. The average Bonchev–Trinajstić information content (AvgIpc) is 2.05. The fourth-order valence-corrected chi connectivity index (χ4v) is 4.46. The minimum absolute atomic E-state index is 0.0494. The second kappa shape index (κ2) is 3.28. The summed E-state index contributed by atoms with van der Waals surface area (Å²) in [5.74, 6) is 0. The molecule has 0 amide bonds. The molecule has 0 aliphatic rings. The molecule has 0 atom stereocenters. The molecule has 0 bridgehead atoms. The van der Waals surface area contributed by atoms with E-state index in [1.165, 1.54) is 4.68 Å². The maximum atomic E-state index is 10.9. The van der Waals surface area contributed by atoms with Crippen LogP contribution < -0.4 is 0 Å². The van der Waals surface area contributed by atoms with Crippen molar-refractivity contribution in [2.24, 2.45) is 7.05 Å². The van der Waals surface area contributed by atoms with E-state index in [1.54, 1.807) is 7.05 Å². The van der Waals surface area contributed by atoms with E-state index in [9.17, 15) is 8.42 Å². The molecule has 4 nitrogen and oxygen atoms in total. The molecule has 1 rings (SSSR count). The van der Waals surface area contributed by atoms with Crippen LogP contribution in [0.1, 0.15) is 0 Å². The van der Waals surface area contributed by atoms with Crippen molar-refractivity contribution in [3.8, 4) is 0 Å². The molecule has 0 radical (unpaired) electrons. The van der Waals surface area contributed by atoms with E-state index in [-0.39, 0.29) is 9.50 Å². The standard InChI is InChI=1S/C4H3Br2ClN2O2S/c1-9-4(6)2(3(5)8-9)12(7,10)11/h1H3. The summed E-state index contributed by atoms with van der Waals surface area (Å²) in [6.45, 7) is 0. The quantitative estimate of drug-likeness (QED) is 0.735. The van der Waals surface area contributed by atoms with Crippen LogP contribution in [-0.4, -0.2) is 18.2 Å². The number of aromatic nitrogens is 2. The van der Waals surface area contributed by atoms with Crippen molar-refractivity contribution in [2.75, 3.05) is 0 Å². The van der Waals surface area contributed by atoms with Crippen LogP contribution in [0.2, 0.25) is 0 Å². The van der Waals surface area contributed by atoms with Crippen LogP contribution in [0.5, 0.6) is 0 Å². The Morgan fingerprint density at radius 2 is 2.00 bits per heavy atom. The molecule has 1 aromatic rings. The van der Waals surface area contributed by atoms with Gasteiger partial charge in [0.1, 0.15) is 14.1 Å². The number of hydrogen-bond donors (Lipinski definition) is 0. The van der Waals surface area contributed by atoms with Crippen molar-refractivity contribution in [1.29, 1.82) is 0 Å². The summed E-state index contributed by atoms with van der Waals surface area (Å²) in [5.41, 5.74) is 0. The van der Waals surface area contributed by atoms with E-state index in [4.69, 9.17) is 10.7 Å². The van der Waals surface area contributed by atoms with E-state index in [0.29, 0.717) is 4.60 Å². The SMILES string of the molecule is Cn1nc(Br)c(S(=O)(=O)Cl)c1Br. The highest BCUT2D eigenvalue weighted by Gasteiger charge is 2.23. The molecule has 0 saturated heterocycles. The van der Waals surface area contributed by atoms with Crippen molar-refractivity contribution in [3.05, 3.63) is 9.21 Å². The third-order valence-electron chi connectivity index (χ3n) is 1.14. The smallest absolute Gasteiger partial charge is 0.259 e. The normalized spacial score (nSPS) is 12.0. The lowest BCUT2D eigenvalue weighted by Crippen LogP contribution is -1.92. The van der Waals surface area contributed by atoms with Crippen LogP contribution in [0.4, 0.5) is 0 Å². The predicted octanol–water partition coefficient (Wildman–Crippen LogP) is 1.87. The van der Waals surface area contributed by atoms with Crippen molar-refractivity contribution in [2.45, 2.75) is 4.90 Å². The fraction of sp³-hybridized carbons (Fsp3) is 0.250. The van der Waals surface area contributed by atoms with Crippen LogP contribution in [0, 0.1) is 0 Å². The van der Waals surface area contributed by atoms with Gasteiger partial charge in [0.05, 0.1) is 0 Å². The van der Waals surface area contributed by atoms with Crippen LogP contribution in [0.25, 0.3) is 0 Å². The highest BCUT2D eigenvalue weighted by molar-refractivity contribution is 9.11. The number of aryl methyl sites for hydroxylation is 1. The first-order valence-electron chi connectivity index (χ1n) is 2.66. The maximum Gasteiger partial charge on any atom is 0.266 e. The molecule has 12 heavy (non-hydrogen) atoms. The molecule has 1 aromatic heterocycles. The van der Waals surface area contributed by atoms with Gasteiger partial charge in [-0.15, -0.1) is 0 Å². The Bertz CT molecular complexity index is 413. The van der Waals surface area contributed by atoms with Gasteiger partial charge in [-0.2, -0.15) is 5.10 Å². The van der Waals surface area contributed by atoms with E-state index in [2.05, 4.69) is 37.0 Å². The zero-order valence-corrected chi connectivity index (χ0v) is 10.5. The number of halogens is 3. The van der Waals surface area contributed by atoms with Gasteiger partial charge in [0, 0.05) is 17.7 Å². The van der Waals surface area contributed by atoms with Crippen molar-refractivity contribution in [1.82, 2.24) is 9.78 Å². The second-order valence-corrected chi connectivity index (χ2v) is 5.98. The molecule has 8 heteroatoms. The Morgan fingerprint density at radius 1 is 1.50 bits per heavy atom. The lowest BCUT2D eigenvalue weighted by Gasteiger charge is -1.92. The first-order valence-corrected chi connectivity index (χ1v) is 6.56. The van der Waals surface area contributed by atoms with Gasteiger partial charge >= 0.3 is 0 Å². The zero-order valence-electron chi connectivity index (χ0n) is 5.75. The molecule has 68 valence electrons. The van der Waals surface area contributed by atoms with E-state index < -0.39 is 9.05 Å². The van der Waals surface area contributed by atoms with Crippen LogP contribution in [0.3, 0.4) is 0 Å². The lowest BCUT2D eigenvalue weighted by atomic mass is 10.7. The third-order valence-corrected chi connectivity index (χ3v) is 4.47. The molecular weight excluding hydrogens is 335 g/mol. The van der Waals surface area contributed by atoms with Gasteiger partial charge in [0.2, 0.25) is 0 Å². The van der Waals surface area contributed by atoms with E-state index in [1.807, 2.05) is 0 Å². The fourth-order valence-electron chi connectivity index (χ4n) is 0.654. The average molecular weight is 338 g/mol. The molecule has 0 aliphatic carbocycles. The molecule has 0 N–H and O–H groups in total. The largest absolute Gasteiger partial charge is 0.266 e. The highest BCUT2D eigenvalue weighted by Crippen LogP contribution is 2.31. The summed E-state index contributed by atoms with van der Waals surface area (Å²) in [6.07, 6.45) is 0. The zero-order chi connectivity index (χ0) is 9.52. The minimum Gasteiger partial charge on any atom is -0.259 e. The Labute approximate surface area is 90.6 Å². The van der Waals surface area contributed by atoms with Gasteiger partial charge in [-0.3, -0.25) is 4.68 Å². The van der Waals surface area contributed by atoms with Crippen molar-refractivity contribution < 1.29 is 8.42 Å². The minimum atomic E-state index is -3.75. The van der Waals surface area contributed by atoms with Crippen LogP contribution >= 0.6 is 42.5 Å². The maximum absolute atomic E-state index is 10.9. The summed E-state index contributed by atoms with van der Waals surface area (Å²) in [4.78, 5) is -0.0494. The van der Waals surface area contributed by atoms with Crippen molar-refractivity contribution >= 4 is 51.6 Å². The molecule has 1 heterocycles. The molecule has 0 saturated carbocycles. The summed E-state index contributed by atoms with van der Waals surface area (Å²) in [6, 6.07) is 0. The van der Waals surface area contributed by atoms with Crippen LogP contribution in [-0.2, 0) is 16.1 Å². The molecule has 0 unspecified atom stereocenters. The van der Waals surface area contributed by atoms with Gasteiger partial charge in [0.15, 0.2) is 0 Å². The lowest BCUT2D eigenvalue weighted by molar-refractivity contribution is 0.608. The first kappa shape index (κ1) is 10.5. The van der Waals surface area contributed by atoms with E-state index in [0.717, 1.165) is 0 Å². The van der Waals surface area contributed by atoms with E-state index >= 15 is 0 Å². The number of hydrogen-bond acceptors (Lipinski definition) is 3. The van der Waals surface area contributed by atoms with Gasteiger partial charge in [-0.25, -0.2) is 8.42 Å². The molecule has 0 spiro atoms. The molecule has 0 aromatic carbocycles. The third kappa shape index (κ3) is 1.84. The number of rotatable bonds is 1. The Morgan fingerprint density at radius 3 is 2.17 bits per heavy atom. The molecule has 0 aliphatic heterocycles. The summed E-state index contributed by atoms with van der Waals surface area (Å²) >= 11 is 6.02. The van der Waals surface area contributed by atoms with Gasteiger partial charge in [0.25, 0.3) is 9.05 Å². The van der Waals surface area contributed by atoms with Gasteiger partial charge in [-0.05, 0) is 31.9 Å². The Kier molecular flexibility index (Phi) is 2.87. The number of nitrogens with zero attached hydrogens (tertiary/aromatic N) is 2. The summed E-state index contributed by atoms with van der Waals surface area (Å²) in [7, 11) is 2.99. The molecular formula is C4H3Br2ClN2O2S. The molecule has 0 fully saturated rings. The Hall–Kier alpha value is 0.410. The Balaban J connectivity index is 3.54.